The molecule has 0 radical (unpaired) electrons. The first-order valence-corrected chi connectivity index (χ1v) is 7.27. The van der Waals surface area contributed by atoms with E-state index >= 15 is 0 Å². The minimum Gasteiger partial charge on any atom is -0.372 e. The molecule has 19 heavy (non-hydrogen) atoms. The molecule has 2 aliphatic rings. The first kappa shape index (κ1) is 13.1. The molecule has 1 aromatic rings. The van der Waals surface area contributed by atoms with Crippen molar-refractivity contribution in [3.05, 3.63) is 16.5 Å². The second-order valence-corrected chi connectivity index (χ2v) is 6.48. The zero-order valence-corrected chi connectivity index (χ0v) is 12.5. The van der Waals surface area contributed by atoms with Gasteiger partial charge in [-0.3, -0.25) is 0 Å². The summed E-state index contributed by atoms with van der Waals surface area (Å²) in [5, 5.41) is 0.594. The number of nitrogens with zero attached hydrogens (tertiary/aromatic N) is 3. The van der Waals surface area contributed by atoms with Crippen molar-refractivity contribution in [3.63, 3.8) is 0 Å². The molecule has 4 nitrogen and oxygen atoms in total. The highest BCUT2D eigenvalue weighted by Crippen LogP contribution is 2.40. The number of halogens is 1. The number of morpholine rings is 1. The summed E-state index contributed by atoms with van der Waals surface area (Å²) in [6, 6.07) is 0. The molecule has 0 spiro atoms. The lowest BCUT2D eigenvalue weighted by Gasteiger charge is -2.39. The highest BCUT2D eigenvalue weighted by molar-refractivity contribution is 6.30. The van der Waals surface area contributed by atoms with E-state index in [-0.39, 0.29) is 5.60 Å². The van der Waals surface area contributed by atoms with Crippen molar-refractivity contribution in [3.8, 4) is 0 Å². The minimum atomic E-state index is -0.137. The smallest absolute Gasteiger partial charge is 0.137 e. The second kappa shape index (κ2) is 4.60. The maximum absolute atomic E-state index is 6.27. The fourth-order valence-electron chi connectivity index (χ4n) is 2.52. The Balaban J connectivity index is 1.94. The van der Waals surface area contributed by atoms with Gasteiger partial charge >= 0.3 is 0 Å². The van der Waals surface area contributed by atoms with E-state index in [4.69, 9.17) is 21.3 Å². The lowest BCUT2D eigenvalue weighted by molar-refractivity contribution is -0.0279. The van der Waals surface area contributed by atoms with Gasteiger partial charge in [0.1, 0.15) is 16.8 Å². The number of aromatic nitrogens is 2. The first-order valence-electron chi connectivity index (χ1n) is 6.89. The van der Waals surface area contributed by atoms with Crippen LogP contribution in [-0.2, 0) is 4.74 Å². The van der Waals surface area contributed by atoms with Gasteiger partial charge in [0.15, 0.2) is 0 Å². The van der Waals surface area contributed by atoms with Crippen LogP contribution >= 0.6 is 11.6 Å². The number of rotatable bonds is 2. The maximum Gasteiger partial charge on any atom is 0.137 e. The molecule has 0 aromatic carbocycles. The zero-order valence-electron chi connectivity index (χ0n) is 11.7. The van der Waals surface area contributed by atoms with Crippen LogP contribution in [0.4, 0.5) is 5.82 Å². The molecular formula is C14H20ClN3O. The van der Waals surface area contributed by atoms with Crippen LogP contribution in [0.1, 0.15) is 44.0 Å². The lowest BCUT2D eigenvalue weighted by Crippen LogP contribution is -2.49. The topological polar surface area (TPSA) is 38.2 Å². The van der Waals surface area contributed by atoms with Crippen molar-refractivity contribution < 1.29 is 4.74 Å². The van der Waals surface area contributed by atoms with Crippen LogP contribution in [0.25, 0.3) is 0 Å². The number of anilines is 1. The normalized spacial score (nSPS) is 22.6. The standard InChI is InChI=1S/C14H20ClN3O/c1-9-11(15)16-12(10-4-5-10)17-13(9)18-6-7-19-14(2,3)8-18/h10H,4-8H2,1-3H3. The van der Waals surface area contributed by atoms with E-state index in [1.165, 1.54) is 12.8 Å². The molecule has 1 aliphatic heterocycles. The van der Waals surface area contributed by atoms with Crippen LogP contribution in [0.3, 0.4) is 0 Å². The Hall–Kier alpha value is -0.870. The monoisotopic (exact) mass is 281 g/mol. The van der Waals surface area contributed by atoms with Crippen LogP contribution in [0.5, 0.6) is 0 Å². The van der Waals surface area contributed by atoms with Gasteiger partial charge in [0.2, 0.25) is 0 Å². The van der Waals surface area contributed by atoms with Gasteiger partial charge in [0, 0.05) is 24.6 Å². The van der Waals surface area contributed by atoms with Gasteiger partial charge in [-0.2, -0.15) is 0 Å². The van der Waals surface area contributed by atoms with Crippen LogP contribution in [-0.4, -0.2) is 35.3 Å². The van der Waals surface area contributed by atoms with Gasteiger partial charge in [-0.05, 0) is 33.6 Å². The largest absolute Gasteiger partial charge is 0.372 e. The minimum absolute atomic E-state index is 0.137. The van der Waals surface area contributed by atoms with E-state index in [1.54, 1.807) is 0 Å². The number of hydrogen-bond donors (Lipinski definition) is 0. The molecular weight excluding hydrogens is 262 g/mol. The summed E-state index contributed by atoms with van der Waals surface area (Å²) in [4.78, 5) is 11.5. The first-order chi connectivity index (χ1) is 8.96. The molecule has 5 heteroatoms. The van der Waals surface area contributed by atoms with E-state index < -0.39 is 0 Å². The second-order valence-electron chi connectivity index (χ2n) is 6.13. The third-order valence-corrected chi connectivity index (χ3v) is 4.11. The lowest BCUT2D eigenvalue weighted by atomic mass is 10.1. The molecule has 0 bridgehead atoms. The maximum atomic E-state index is 6.27. The molecule has 104 valence electrons. The average Bonchev–Trinajstić information content (AvgIpc) is 3.15. The molecule has 2 fully saturated rings. The Bertz CT molecular complexity index is 500. The fraction of sp³-hybridized carbons (Fsp3) is 0.714. The molecule has 1 saturated carbocycles. The van der Waals surface area contributed by atoms with Crippen LogP contribution in [0.15, 0.2) is 0 Å². The predicted molar refractivity (Wildman–Crippen MR) is 76.0 cm³/mol. The highest BCUT2D eigenvalue weighted by Gasteiger charge is 2.32. The van der Waals surface area contributed by atoms with Crippen molar-refractivity contribution in [2.75, 3.05) is 24.6 Å². The number of hydrogen-bond acceptors (Lipinski definition) is 4. The van der Waals surface area contributed by atoms with Crippen molar-refractivity contribution in [2.24, 2.45) is 0 Å². The van der Waals surface area contributed by atoms with Gasteiger partial charge in [-0.25, -0.2) is 9.97 Å². The van der Waals surface area contributed by atoms with Gasteiger partial charge in [-0.15, -0.1) is 0 Å². The molecule has 0 unspecified atom stereocenters. The Morgan fingerprint density at radius 1 is 1.32 bits per heavy atom. The van der Waals surface area contributed by atoms with E-state index in [0.29, 0.717) is 11.1 Å². The van der Waals surface area contributed by atoms with Crippen molar-refractivity contribution in [2.45, 2.75) is 45.1 Å². The SMILES string of the molecule is Cc1c(Cl)nc(C2CC2)nc1N1CCOC(C)(C)C1. The summed E-state index contributed by atoms with van der Waals surface area (Å²) < 4.78 is 5.76. The van der Waals surface area contributed by atoms with Gasteiger partial charge in [0.05, 0.1) is 12.2 Å². The fourth-order valence-corrected chi connectivity index (χ4v) is 2.69. The summed E-state index contributed by atoms with van der Waals surface area (Å²) in [5.41, 5.74) is 0.839. The zero-order chi connectivity index (χ0) is 13.6. The number of ether oxygens (including phenoxy) is 1. The quantitative estimate of drug-likeness (QED) is 0.781. The Morgan fingerprint density at radius 3 is 2.68 bits per heavy atom. The Labute approximate surface area is 119 Å². The van der Waals surface area contributed by atoms with E-state index in [2.05, 4.69) is 23.7 Å². The molecule has 0 amide bonds. The van der Waals surface area contributed by atoms with Gasteiger partial charge < -0.3 is 9.64 Å². The van der Waals surface area contributed by atoms with Gasteiger partial charge in [0.25, 0.3) is 0 Å². The van der Waals surface area contributed by atoms with Crippen molar-refractivity contribution in [1.29, 1.82) is 0 Å². The van der Waals surface area contributed by atoms with E-state index in [0.717, 1.165) is 36.9 Å². The Morgan fingerprint density at radius 2 is 2.05 bits per heavy atom. The summed E-state index contributed by atoms with van der Waals surface area (Å²) in [6.45, 7) is 8.65. The summed E-state index contributed by atoms with van der Waals surface area (Å²) in [7, 11) is 0. The molecule has 2 heterocycles. The van der Waals surface area contributed by atoms with Crippen molar-refractivity contribution in [1.82, 2.24) is 9.97 Å². The summed E-state index contributed by atoms with van der Waals surface area (Å²) in [5.74, 6) is 2.42. The molecule has 0 atom stereocenters. The Kier molecular flexibility index (Phi) is 3.18. The predicted octanol–water partition coefficient (Wildman–Crippen LogP) is 2.93. The van der Waals surface area contributed by atoms with E-state index in [1.807, 2.05) is 6.92 Å². The average molecular weight is 282 g/mol. The third-order valence-electron chi connectivity index (χ3n) is 3.75. The van der Waals surface area contributed by atoms with Crippen LogP contribution in [0.2, 0.25) is 5.15 Å². The van der Waals surface area contributed by atoms with Crippen molar-refractivity contribution >= 4 is 17.4 Å². The molecule has 0 N–H and O–H groups in total. The summed E-state index contributed by atoms with van der Waals surface area (Å²) >= 11 is 6.27. The van der Waals surface area contributed by atoms with Crippen LogP contribution < -0.4 is 4.90 Å². The van der Waals surface area contributed by atoms with Crippen LogP contribution in [0, 0.1) is 6.92 Å². The summed E-state index contributed by atoms with van der Waals surface area (Å²) in [6.07, 6.45) is 2.38. The highest BCUT2D eigenvalue weighted by atomic mass is 35.5. The molecule has 3 rings (SSSR count). The van der Waals surface area contributed by atoms with Gasteiger partial charge in [-0.1, -0.05) is 11.6 Å². The molecule has 1 saturated heterocycles. The third kappa shape index (κ3) is 2.70. The molecule has 1 aromatic heterocycles. The molecule has 1 aliphatic carbocycles. The van der Waals surface area contributed by atoms with E-state index in [9.17, 15) is 0 Å².